The molecule has 1 heterocycles. The maximum Gasteiger partial charge on any atom is 0.328 e. The Bertz CT molecular complexity index is 479. The molecule has 2 atom stereocenters. The van der Waals surface area contributed by atoms with Crippen molar-refractivity contribution in [2.75, 3.05) is 0 Å². The molecule has 8 heteroatoms. The number of amides is 1. The van der Waals surface area contributed by atoms with Crippen LogP contribution in [-0.2, 0) is 4.79 Å². The van der Waals surface area contributed by atoms with E-state index in [4.69, 9.17) is 28.3 Å². The highest BCUT2D eigenvalue weighted by molar-refractivity contribution is 6.35. The maximum atomic E-state index is 11.8. The third-order valence-corrected chi connectivity index (χ3v) is 2.61. The first-order valence-corrected chi connectivity index (χ1v) is 5.61. The van der Waals surface area contributed by atoms with Gasteiger partial charge in [0.1, 0.15) is 5.15 Å². The SMILES string of the molecule is C[C@@H](O)[C@H](NC(=O)c1cc(Cl)ncc1Cl)C(=O)O. The van der Waals surface area contributed by atoms with Gasteiger partial charge in [0.25, 0.3) is 5.91 Å². The van der Waals surface area contributed by atoms with E-state index < -0.39 is 24.0 Å². The first-order valence-electron chi connectivity index (χ1n) is 4.85. The van der Waals surface area contributed by atoms with E-state index in [0.717, 1.165) is 0 Å². The minimum atomic E-state index is -1.43. The molecule has 0 saturated carbocycles. The Balaban J connectivity index is 2.94. The lowest BCUT2D eigenvalue weighted by molar-refractivity contribution is -0.141. The van der Waals surface area contributed by atoms with Crippen molar-refractivity contribution in [3.63, 3.8) is 0 Å². The molecule has 1 aromatic rings. The molecule has 0 fully saturated rings. The Morgan fingerprint density at radius 2 is 2.06 bits per heavy atom. The van der Waals surface area contributed by atoms with Crippen molar-refractivity contribution in [3.05, 3.63) is 28.0 Å². The smallest absolute Gasteiger partial charge is 0.328 e. The highest BCUT2D eigenvalue weighted by Gasteiger charge is 2.26. The van der Waals surface area contributed by atoms with Crippen LogP contribution in [-0.4, -0.2) is 39.2 Å². The molecule has 0 bridgehead atoms. The minimum Gasteiger partial charge on any atom is -0.480 e. The maximum absolute atomic E-state index is 11.8. The van der Waals surface area contributed by atoms with Crippen LogP contribution >= 0.6 is 23.2 Å². The van der Waals surface area contributed by atoms with E-state index >= 15 is 0 Å². The molecular weight excluding hydrogens is 283 g/mol. The zero-order valence-corrected chi connectivity index (χ0v) is 10.7. The van der Waals surface area contributed by atoms with E-state index in [2.05, 4.69) is 10.3 Å². The molecule has 1 aromatic heterocycles. The van der Waals surface area contributed by atoms with Crippen LogP contribution < -0.4 is 5.32 Å². The second kappa shape index (κ2) is 5.99. The molecule has 0 aliphatic carbocycles. The molecule has 0 aliphatic rings. The van der Waals surface area contributed by atoms with Gasteiger partial charge in [-0.1, -0.05) is 23.2 Å². The number of aliphatic hydroxyl groups excluding tert-OH is 1. The molecular formula is C10H10Cl2N2O4. The van der Waals surface area contributed by atoms with Gasteiger partial charge in [-0.25, -0.2) is 9.78 Å². The number of hydrogen-bond donors (Lipinski definition) is 3. The predicted molar refractivity (Wildman–Crippen MR) is 64.8 cm³/mol. The lowest BCUT2D eigenvalue weighted by Crippen LogP contribution is -2.47. The Hall–Kier alpha value is -1.37. The summed E-state index contributed by atoms with van der Waals surface area (Å²) < 4.78 is 0. The molecule has 3 N–H and O–H groups in total. The Morgan fingerprint density at radius 3 is 2.56 bits per heavy atom. The van der Waals surface area contributed by atoms with Gasteiger partial charge >= 0.3 is 5.97 Å². The number of nitrogens with one attached hydrogen (secondary N) is 1. The van der Waals surface area contributed by atoms with E-state index in [-0.39, 0.29) is 15.7 Å². The first kappa shape index (κ1) is 14.7. The topological polar surface area (TPSA) is 99.5 Å². The van der Waals surface area contributed by atoms with Crippen LogP contribution in [0.3, 0.4) is 0 Å². The molecule has 1 amide bonds. The molecule has 0 saturated heterocycles. The molecule has 0 radical (unpaired) electrons. The molecule has 18 heavy (non-hydrogen) atoms. The summed E-state index contributed by atoms with van der Waals surface area (Å²) in [5.41, 5.74) is -0.0106. The van der Waals surface area contributed by atoms with E-state index in [9.17, 15) is 14.7 Å². The standard InChI is InChI=1S/C10H10Cl2N2O4/c1-4(15)8(10(17)18)14-9(16)5-2-7(12)13-3-6(5)11/h2-4,8,15H,1H3,(H,14,16)(H,17,18)/t4-,8+/m1/s1. The molecule has 6 nitrogen and oxygen atoms in total. The third kappa shape index (κ3) is 3.56. The van der Waals surface area contributed by atoms with Gasteiger partial charge in [0.15, 0.2) is 6.04 Å². The monoisotopic (exact) mass is 292 g/mol. The van der Waals surface area contributed by atoms with Gasteiger partial charge in [-0.3, -0.25) is 4.79 Å². The van der Waals surface area contributed by atoms with E-state index in [1.165, 1.54) is 19.2 Å². The van der Waals surface area contributed by atoms with Crippen molar-refractivity contribution >= 4 is 35.1 Å². The largest absolute Gasteiger partial charge is 0.480 e. The van der Waals surface area contributed by atoms with Crippen molar-refractivity contribution in [2.24, 2.45) is 0 Å². The minimum absolute atomic E-state index is 0.0106. The number of aromatic nitrogens is 1. The van der Waals surface area contributed by atoms with Crippen LogP contribution in [0, 0.1) is 0 Å². The van der Waals surface area contributed by atoms with E-state index in [1.54, 1.807) is 0 Å². The first-order chi connectivity index (χ1) is 8.32. The van der Waals surface area contributed by atoms with Gasteiger partial charge in [0.2, 0.25) is 0 Å². The molecule has 0 aromatic carbocycles. The molecule has 98 valence electrons. The van der Waals surface area contributed by atoms with Crippen molar-refractivity contribution < 1.29 is 19.8 Å². The summed E-state index contributed by atoms with van der Waals surface area (Å²) in [6.45, 7) is 1.25. The number of rotatable bonds is 4. The van der Waals surface area contributed by atoms with Gasteiger partial charge in [0.05, 0.1) is 16.7 Å². The van der Waals surface area contributed by atoms with E-state index in [0.29, 0.717) is 0 Å². The summed E-state index contributed by atoms with van der Waals surface area (Å²) in [6, 6.07) is -0.222. The second-order valence-electron chi connectivity index (χ2n) is 3.52. The average Bonchev–Trinajstić information content (AvgIpc) is 2.28. The number of aliphatic carboxylic acids is 1. The number of hydrogen-bond acceptors (Lipinski definition) is 4. The number of carboxylic acid groups (broad SMARTS) is 1. The van der Waals surface area contributed by atoms with Crippen LogP contribution in [0.4, 0.5) is 0 Å². The number of carbonyl (C=O) groups excluding carboxylic acids is 1. The summed E-state index contributed by atoms with van der Waals surface area (Å²) in [6.07, 6.45) is -0.0701. The summed E-state index contributed by atoms with van der Waals surface area (Å²) in [5.74, 6) is -2.10. The van der Waals surface area contributed by atoms with Crippen LogP contribution in [0.2, 0.25) is 10.2 Å². The molecule has 0 spiro atoms. The zero-order valence-electron chi connectivity index (χ0n) is 9.22. The van der Waals surface area contributed by atoms with Crippen molar-refractivity contribution in [2.45, 2.75) is 19.1 Å². The fourth-order valence-electron chi connectivity index (χ4n) is 1.19. The molecule has 0 unspecified atom stereocenters. The van der Waals surface area contributed by atoms with Gasteiger partial charge in [-0.05, 0) is 13.0 Å². The van der Waals surface area contributed by atoms with Crippen LogP contribution in [0.1, 0.15) is 17.3 Å². The zero-order chi connectivity index (χ0) is 13.9. The van der Waals surface area contributed by atoms with E-state index in [1.807, 2.05) is 0 Å². The van der Waals surface area contributed by atoms with Crippen molar-refractivity contribution in [1.29, 1.82) is 0 Å². The lowest BCUT2D eigenvalue weighted by atomic mass is 10.1. The quantitative estimate of drug-likeness (QED) is 0.718. The van der Waals surface area contributed by atoms with Gasteiger partial charge in [-0.15, -0.1) is 0 Å². The van der Waals surface area contributed by atoms with Crippen molar-refractivity contribution in [3.8, 4) is 0 Å². The van der Waals surface area contributed by atoms with Gasteiger partial charge < -0.3 is 15.5 Å². The Morgan fingerprint density at radius 1 is 1.44 bits per heavy atom. The molecule has 1 rings (SSSR count). The number of carbonyl (C=O) groups is 2. The average molecular weight is 293 g/mol. The fourth-order valence-corrected chi connectivity index (χ4v) is 1.54. The summed E-state index contributed by atoms with van der Waals surface area (Å²) >= 11 is 11.3. The molecule has 0 aliphatic heterocycles. The van der Waals surface area contributed by atoms with Crippen molar-refractivity contribution in [1.82, 2.24) is 10.3 Å². The number of halogens is 2. The number of pyridine rings is 1. The summed E-state index contributed by atoms with van der Waals surface area (Å²) in [5, 5.41) is 20.3. The van der Waals surface area contributed by atoms with Crippen LogP contribution in [0.25, 0.3) is 0 Å². The number of carboxylic acids is 1. The highest BCUT2D eigenvalue weighted by atomic mass is 35.5. The Labute approximate surface area is 113 Å². The van der Waals surface area contributed by atoms with Crippen LogP contribution in [0.15, 0.2) is 12.3 Å². The third-order valence-electron chi connectivity index (χ3n) is 2.10. The lowest BCUT2D eigenvalue weighted by Gasteiger charge is -2.17. The van der Waals surface area contributed by atoms with Crippen LogP contribution in [0.5, 0.6) is 0 Å². The Kier molecular flexibility index (Phi) is 4.89. The summed E-state index contributed by atoms with van der Waals surface area (Å²) in [7, 11) is 0. The van der Waals surface area contributed by atoms with Gasteiger partial charge in [0, 0.05) is 6.20 Å². The van der Waals surface area contributed by atoms with Gasteiger partial charge in [-0.2, -0.15) is 0 Å². The second-order valence-corrected chi connectivity index (χ2v) is 4.31. The normalized spacial score (nSPS) is 13.8. The number of nitrogens with zero attached hydrogens (tertiary/aromatic N) is 1. The fraction of sp³-hybridized carbons (Fsp3) is 0.300. The summed E-state index contributed by atoms with van der Waals surface area (Å²) in [4.78, 5) is 26.3. The predicted octanol–water partition coefficient (Wildman–Crippen LogP) is 0.952. The number of aliphatic hydroxyl groups is 1. The highest BCUT2D eigenvalue weighted by Crippen LogP contribution is 2.18.